The Morgan fingerprint density at radius 2 is 1.90 bits per heavy atom. The predicted molar refractivity (Wildman–Crippen MR) is 79.6 cm³/mol. The number of nitrogens with one attached hydrogen (secondary N) is 2. The number of amides is 2. The molecular weight excluding hydrogens is 290 g/mol. The summed E-state index contributed by atoms with van der Waals surface area (Å²) in [6.07, 6.45) is 5.02. The number of anilines is 1. The zero-order chi connectivity index (χ0) is 14.8. The van der Waals surface area contributed by atoms with Crippen molar-refractivity contribution in [3.05, 3.63) is 11.2 Å². The number of carbonyl (C=O) groups excluding carboxylic acids is 1. The lowest BCUT2D eigenvalue weighted by molar-refractivity contribution is -0.142. The quantitative estimate of drug-likeness (QED) is 0.797. The Hall–Kier alpha value is -1.63. The van der Waals surface area contributed by atoms with E-state index >= 15 is 0 Å². The third kappa shape index (κ3) is 3.53. The maximum Gasteiger partial charge on any atom is 0.320 e. The molecule has 0 radical (unpaired) electrons. The summed E-state index contributed by atoms with van der Waals surface area (Å²) in [5.41, 5.74) is 2.77. The standard InChI is InChI=1S/C14H19N3O3S/c18-13(19)9-3-5-10(6-4-9)16-14(20)17-12-11(8-1-2-8)15-7-21-12/h7-10H,1-6H2,(H,18,19)(H2,16,17,20). The highest BCUT2D eigenvalue weighted by atomic mass is 32.1. The van der Waals surface area contributed by atoms with Crippen LogP contribution in [0.3, 0.4) is 0 Å². The third-order valence-electron chi connectivity index (χ3n) is 4.20. The van der Waals surface area contributed by atoms with Gasteiger partial charge < -0.3 is 10.4 Å². The number of hydrogen-bond acceptors (Lipinski definition) is 4. The summed E-state index contributed by atoms with van der Waals surface area (Å²) in [5, 5.41) is 15.6. The highest BCUT2D eigenvalue weighted by Gasteiger charge is 2.30. The largest absolute Gasteiger partial charge is 0.481 e. The molecule has 7 heteroatoms. The van der Waals surface area contributed by atoms with Crippen LogP contribution >= 0.6 is 11.3 Å². The Morgan fingerprint density at radius 3 is 2.52 bits per heavy atom. The lowest BCUT2D eigenvalue weighted by atomic mass is 9.86. The molecule has 1 aromatic rings. The minimum Gasteiger partial charge on any atom is -0.481 e. The Kier molecular flexibility index (Phi) is 4.10. The molecule has 2 aliphatic rings. The van der Waals surface area contributed by atoms with Gasteiger partial charge in [-0.2, -0.15) is 0 Å². The summed E-state index contributed by atoms with van der Waals surface area (Å²) >= 11 is 1.45. The van der Waals surface area contributed by atoms with Gasteiger partial charge in [-0.1, -0.05) is 0 Å². The van der Waals surface area contributed by atoms with Gasteiger partial charge >= 0.3 is 12.0 Å². The van der Waals surface area contributed by atoms with Crippen molar-refractivity contribution in [3.8, 4) is 0 Å². The molecule has 2 aliphatic carbocycles. The van der Waals surface area contributed by atoms with E-state index in [9.17, 15) is 9.59 Å². The van der Waals surface area contributed by atoms with Gasteiger partial charge in [0.1, 0.15) is 5.00 Å². The number of rotatable bonds is 4. The summed E-state index contributed by atoms with van der Waals surface area (Å²) in [6.45, 7) is 0. The average molecular weight is 309 g/mol. The van der Waals surface area contributed by atoms with Crippen LogP contribution in [0.5, 0.6) is 0 Å². The van der Waals surface area contributed by atoms with Crippen molar-refractivity contribution in [2.24, 2.45) is 5.92 Å². The SMILES string of the molecule is O=C(Nc1scnc1C1CC1)NC1CCC(C(=O)O)CC1. The fraction of sp³-hybridized carbons (Fsp3) is 0.643. The molecule has 3 rings (SSSR count). The zero-order valence-electron chi connectivity index (χ0n) is 11.7. The molecule has 0 saturated heterocycles. The number of thiazole rings is 1. The average Bonchev–Trinajstić information content (AvgIpc) is 3.20. The first kappa shape index (κ1) is 14.3. The molecule has 21 heavy (non-hydrogen) atoms. The second kappa shape index (κ2) is 6.01. The maximum atomic E-state index is 12.0. The lowest BCUT2D eigenvalue weighted by Gasteiger charge is -2.26. The van der Waals surface area contributed by atoms with Gasteiger partial charge in [-0.3, -0.25) is 10.1 Å². The molecule has 0 bridgehead atoms. The number of hydrogen-bond donors (Lipinski definition) is 3. The zero-order valence-corrected chi connectivity index (χ0v) is 12.5. The highest BCUT2D eigenvalue weighted by molar-refractivity contribution is 7.14. The summed E-state index contributed by atoms with van der Waals surface area (Å²) in [7, 11) is 0. The fourth-order valence-electron chi connectivity index (χ4n) is 2.81. The second-order valence-corrected chi connectivity index (χ2v) is 6.68. The number of carboxylic acid groups (broad SMARTS) is 1. The van der Waals surface area contributed by atoms with Crippen molar-refractivity contribution in [2.45, 2.75) is 50.5 Å². The summed E-state index contributed by atoms with van der Waals surface area (Å²) in [5.74, 6) is -0.469. The monoisotopic (exact) mass is 309 g/mol. The van der Waals surface area contributed by atoms with E-state index in [2.05, 4.69) is 15.6 Å². The van der Waals surface area contributed by atoms with Crippen molar-refractivity contribution in [3.63, 3.8) is 0 Å². The van der Waals surface area contributed by atoms with E-state index in [4.69, 9.17) is 5.11 Å². The molecule has 114 valence electrons. The molecule has 1 heterocycles. The van der Waals surface area contributed by atoms with E-state index in [-0.39, 0.29) is 18.0 Å². The van der Waals surface area contributed by atoms with E-state index in [0.717, 1.165) is 36.4 Å². The van der Waals surface area contributed by atoms with Gasteiger partial charge in [0.05, 0.1) is 17.1 Å². The van der Waals surface area contributed by atoms with Crippen molar-refractivity contribution in [2.75, 3.05) is 5.32 Å². The number of urea groups is 1. The van der Waals surface area contributed by atoms with E-state index < -0.39 is 5.97 Å². The van der Waals surface area contributed by atoms with Crippen LogP contribution in [0.2, 0.25) is 0 Å². The number of carbonyl (C=O) groups is 2. The van der Waals surface area contributed by atoms with E-state index in [1.807, 2.05) is 0 Å². The Bertz CT molecular complexity index is 533. The smallest absolute Gasteiger partial charge is 0.320 e. The molecule has 0 aliphatic heterocycles. The van der Waals surface area contributed by atoms with Gasteiger partial charge in [-0.25, -0.2) is 9.78 Å². The van der Waals surface area contributed by atoms with Crippen molar-refractivity contribution >= 4 is 28.3 Å². The number of nitrogens with zero attached hydrogens (tertiary/aromatic N) is 1. The highest BCUT2D eigenvalue weighted by Crippen LogP contribution is 2.43. The van der Waals surface area contributed by atoms with Gasteiger partial charge in [0.25, 0.3) is 0 Å². The second-order valence-electron chi connectivity index (χ2n) is 5.83. The van der Waals surface area contributed by atoms with Gasteiger partial charge in [-0.15, -0.1) is 11.3 Å². The minimum absolute atomic E-state index is 0.0675. The molecule has 6 nitrogen and oxygen atoms in total. The van der Waals surface area contributed by atoms with E-state index in [0.29, 0.717) is 18.8 Å². The van der Waals surface area contributed by atoms with Gasteiger partial charge in [0.2, 0.25) is 0 Å². The summed E-state index contributed by atoms with van der Waals surface area (Å²) in [6, 6.07) is -0.141. The fourth-order valence-corrected chi connectivity index (χ4v) is 3.57. The first-order valence-corrected chi connectivity index (χ1v) is 8.25. The molecule has 0 spiro atoms. The molecule has 0 unspecified atom stereocenters. The number of aromatic nitrogens is 1. The molecule has 3 N–H and O–H groups in total. The molecule has 2 fully saturated rings. The van der Waals surface area contributed by atoms with Crippen LogP contribution in [0.4, 0.5) is 9.80 Å². The van der Waals surface area contributed by atoms with E-state index in [1.54, 1.807) is 5.51 Å². The molecular formula is C14H19N3O3S. The lowest BCUT2D eigenvalue weighted by Crippen LogP contribution is -2.40. The molecule has 1 aromatic heterocycles. The van der Waals surface area contributed by atoms with Crippen LogP contribution in [-0.2, 0) is 4.79 Å². The van der Waals surface area contributed by atoms with Crippen LogP contribution in [0.15, 0.2) is 5.51 Å². The Balaban J connectivity index is 1.48. The number of carboxylic acids is 1. The maximum absolute atomic E-state index is 12.0. The van der Waals surface area contributed by atoms with Crippen LogP contribution < -0.4 is 10.6 Å². The first-order valence-electron chi connectivity index (χ1n) is 7.37. The van der Waals surface area contributed by atoms with Crippen LogP contribution in [0.1, 0.15) is 50.1 Å². The van der Waals surface area contributed by atoms with Gasteiger partial charge in [0.15, 0.2) is 0 Å². The van der Waals surface area contributed by atoms with Crippen molar-refractivity contribution < 1.29 is 14.7 Å². The predicted octanol–water partition coefficient (Wildman–Crippen LogP) is 2.79. The Morgan fingerprint density at radius 1 is 1.19 bits per heavy atom. The van der Waals surface area contributed by atoms with Crippen molar-refractivity contribution in [1.82, 2.24) is 10.3 Å². The summed E-state index contributed by atoms with van der Waals surface area (Å²) < 4.78 is 0. The van der Waals surface area contributed by atoms with Crippen LogP contribution in [0, 0.1) is 5.92 Å². The molecule has 0 atom stereocenters. The first-order chi connectivity index (χ1) is 10.1. The van der Waals surface area contributed by atoms with Crippen molar-refractivity contribution in [1.29, 1.82) is 0 Å². The normalized spacial score (nSPS) is 25.3. The van der Waals surface area contributed by atoms with Gasteiger partial charge in [0, 0.05) is 12.0 Å². The van der Waals surface area contributed by atoms with E-state index in [1.165, 1.54) is 11.3 Å². The van der Waals surface area contributed by atoms with Crippen LogP contribution in [-0.4, -0.2) is 28.1 Å². The minimum atomic E-state index is -0.725. The van der Waals surface area contributed by atoms with Gasteiger partial charge in [-0.05, 0) is 38.5 Å². The summed E-state index contributed by atoms with van der Waals surface area (Å²) in [4.78, 5) is 27.2. The molecule has 2 amide bonds. The molecule has 2 saturated carbocycles. The number of aliphatic carboxylic acids is 1. The topological polar surface area (TPSA) is 91.3 Å². The Labute approximate surface area is 127 Å². The molecule has 0 aromatic carbocycles. The third-order valence-corrected chi connectivity index (χ3v) is 4.96. The van der Waals surface area contributed by atoms with Crippen LogP contribution in [0.25, 0.3) is 0 Å².